The summed E-state index contributed by atoms with van der Waals surface area (Å²) in [4.78, 5) is 20.3. The van der Waals surface area contributed by atoms with Gasteiger partial charge in [0, 0.05) is 18.2 Å². The molecule has 0 saturated heterocycles. The summed E-state index contributed by atoms with van der Waals surface area (Å²) in [6.45, 7) is 4.95. The average molecular weight is 300 g/mol. The molecule has 2 aromatic rings. The van der Waals surface area contributed by atoms with Crippen molar-refractivity contribution >= 4 is 5.97 Å². The third kappa shape index (κ3) is 4.63. The van der Waals surface area contributed by atoms with E-state index in [4.69, 9.17) is 9.47 Å². The highest BCUT2D eigenvalue weighted by Gasteiger charge is 2.13. The number of ether oxygens (including phenoxy) is 2. The van der Waals surface area contributed by atoms with Crippen molar-refractivity contribution < 1.29 is 14.3 Å². The minimum Gasteiger partial charge on any atom is -0.461 e. The molecule has 116 valence electrons. The lowest BCUT2D eigenvalue weighted by molar-refractivity contribution is 0.0517. The van der Waals surface area contributed by atoms with Gasteiger partial charge < -0.3 is 9.47 Å². The summed E-state index contributed by atoms with van der Waals surface area (Å²) in [5.74, 6) is 0.176. The van der Waals surface area contributed by atoms with Gasteiger partial charge in [-0.05, 0) is 19.4 Å². The summed E-state index contributed by atoms with van der Waals surface area (Å²) in [6.07, 6.45) is 2.20. The Kier molecular flexibility index (Phi) is 6.03. The van der Waals surface area contributed by atoms with E-state index in [1.807, 2.05) is 30.3 Å². The van der Waals surface area contributed by atoms with Crippen LogP contribution >= 0.6 is 0 Å². The van der Waals surface area contributed by atoms with Crippen LogP contribution in [-0.4, -0.2) is 29.2 Å². The van der Waals surface area contributed by atoms with Gasteiger partial charge in [0.15, 0.2) is 5.69 Å². The molecule has 0 aliphatic carbocycles. The molecule has 0 fully saturated rings. The van der Waals surface area contributed by atoms with Crippen molar-refractivity contribution in [2.75, 3.05) is 13.2 Å². The topological polar surface area (TPSA) is 61.3 Å². The summed E-state index contributed by atoms with van der Waals surface area (Å²) < 4.78 is 10.6. The lowest BCUT2D eigenvalue weighted by atomic mass is 10.2. The second kappa shape index (κ2) is 8.24. The van der Waals surface area contributed by atoms with E-state index in [1.165, 1.54) is 0 Å². The van der Waals surface area contributed by atoms with Gasteiger partial charge in [-0.15, -0.1) is 0 Å². The molecule has 5 nitrogen and oxygen atoms in total. The first-order valence-electron chi connectivity index (χ1n) is 7.32. The number of hydrogen-bond donors (Lipinski definition) is 0. The van der Waals surface area contributed by atoms with Gasteiger partial charge in [0.2, 0.25) is 0 Å². The minimum absolute atomic E-state index is 0.329. The maximum atomic E-state index is 11.8. The second-order valence-electron chi connectivity index (χ2n) is 4.83. The van der Waals surface area contributed by atoms with Crippen LogP contribution in [0.15, 0.2) is 36.5 Å². The zero-order valence-electron chi connectivity index (χ0n) is 12.9. The van der Waals surface area contributed by atoms with Gasteiger partial charge in [-0.3, -0.25) is 0 Å². The highest BCUT2D eigenvalue weighted by atomic mass is 16.5. The van der Waals surface area contributed by atoms with E-state index in [9.17, 15) is 4.79 Å². The number of aromatic nitrogens is 2. The number of esters is 1. The average Bonchev–Trinajstić information content (AvgIpc) is 2.54. The molecule has 0 amide bonds. The fraction of sp³-hybridized carbons (Fsp3) is 0.353. The van der Waals surface area contributed by atoms with E-state index in [0.29, 0.717) is 43.3 Å². The molecular weight excluding hydrogens is 280 g/mol. The summed E-state index contributed by atoms with van der Waals surface area (Å²) in [6, 6.07) is 9.96. The van der Waals surface area contributed by atoms with Gasteiger partial charge in [-0.25, -0.2) is 14.8 Å². The van der Waals surface area contributed by atoms with Crippen LogP contribution in [0.4, 0.5) is 0 Å². The van der Waals surface area contributed by atoms with E-state index >= 15 is 0 Å². The highest BCUT2D eigenvalue weighted by Crippen LogP contribution is 2.07. The van der Waals surface area contributed by atoms with Gasteiger partial charge in [0.05, 0.1) is 19.8 Å². The van der Waals surface area contributed by atoms with Crippen molar-refractivity contribution in [1.82, 2.24) is 9.97 Å². The van der Waals surface area contributed by atoms with E-state index in [-0.39, 0.29) is 0 Å². The Morgan fingerprint density at radius 2 is 2.00 bits per heavy atom. The number of benzene rings is 1. The van der Waals surface area contributed by atoms with Crippen molar-refractivity contribution in [3.05, 3.63) is 59.2 Å². The van der Waals surface area contributed by atoms with E-state index < -0.39 is 5.97 Å². The van der Waals surface area contributed by atoms with Crippen LogP contribution in [-0.2, 0) is 22.5 Å². The Labute approximate surface area is 130 Å². The third-order valence-corrected chi connectivity index (χ3v) is 3.07. The minimum atomic E-state index is -0.408. The number of hydrogen-bond acceptors (Lipinski definition) is 5. The summed E-state index contributed by atoms with van der Waals surface area (Å²) in [5.41, 5.74) is 2.17. The zero-order chi connectivity index (χ0) is 15.8. The van der Waals surface area contributed by atoms with Crippen molar-refractivity contribution in [1.29, 1.82) is 0 Å². The fourth-order valence-corrected chi connectivity index (χ4v) is 1.93. The van der Waals surface area contributed by atoms with Gasteiger partial charge >= 0.3 is 5.97 Å². The first-order valence-corrected chi connectivity index (χ1v) is 7.32. The monoisotopic (exact) mass is 300 g/mol. The first kappa shape index (κ1) is 16.1. The lowest BCUT2D eigenvalue weighted by Crippen LogP contribution is -2.13. The maximum absolute atomic E-state index is 11.8. The quantitative estimate of drug-likeness (QED) is 0.581. The molecule has 0 radical (unpaired) electrons. The second-order valence-corrected chi connectivity index (χ2v) is 4.83. The third-order valence-electron chi connectivity index (χ3n) is 3.07. The fourth-order valence-electron chi connectivity index (χ4n) is 1.93. The molecule has 1 heterocycles. The normalized spacial score (nSPS) is 10.5. The van der Waals surface area contributed by atoms with Crippen molar-refractivity contribution in [2.45, 2.75) is 26.9 Å². The number of rotatable bonds is 7. The highest BCUT2D eigenvalue weighted by molar-refractivity contribution is 5.88. The SMILES string of the molecule is CCOC(=O)c1nc(CCOCc2ccccc2)ncc1C. The largest absolute Gasteiger partial charge is 0.461 e. The molecule has 2 rings (SSSR count). The van der Waals surface area contributed by atoms with Crippen LogP contribution in [0.5, 0.6) is 0 Å². The molecular formula is C17H20N2O3. The molecule has 0 atom stereocenters. The number of carbonyl (C=O) groups excluding carboxylic acids is 1. The molecule has 0 aliphatic heterocycles. The Morgan fingerprint density at radius 1 is 1.23 bits per heavy atom. The van der Waals surface area contributed by atoms with Crippen molar-refractivity contribution in [3.63, 3.8) is 0 Å². The van der Waals surface area contributed by atoms with Crippen LogP contribution in [0, 0.1) is 6.92 Å². The Hall–Kier alpha value is -2.27. The molecule has 0 aliphatic rings. The van der Waals surface area contributed by atoms with E-state index in [2.05, 4.69) is 9.97 Å². The van der Waals surface area contributed by atoms with Gasteiger partial charge in [0.1, 0.15) is 5.82 Å². The zero-order valence-corrected chi connectivity index (χ0v) is 12.9. The smallest absolute Gasteiger partial charge is 0.357 e. The summed E-state index contributed by atoms with van der Waals surface area (Å²) in [7, 11) is 0. The molecule has 5 heteroatoms. The first-order chi connectivity index (χ1) is 10.7. The van der Waals surface area contributed by atoms with Crippen LogP contribution in [0.1, 0.15) is 34.4 Å². The molecule has 1 aromatic heterocycles. The molecule has 0 saturated carbocycles. The van der Waals surface area contributed by atoms with Crippen molar-refractivity contribution in [2.24, 2.45) is 0 Å². The lowest BCUT2D eigenvalue weighted by Gasteiger charge is -2.07. The Bertz CT molecular complexity index is 615. The van der Waals surface area contributed by atoms with E-state index in [1.54, 1.807) is 20.0 Å². The molecule has 0 unspecified atom stereocenters. The Balaban J connectivity index is 1.87. The molecule has 0 spiro atoms. The molecule has 1 aromatic carbocycles. The predicted molar refractivity (Wildman–Crippen MR) is 82.5 cm³/mol. The van der Waals surface area contributed by atoms with Crippen LogP contribution in [0.3, 0.4) is 0 Å². The number of aryl methyl sites for hydroxylation is 1. The molecule has 22 heavy (non-hydrogen) atoms. The van der Waals surface area contributed by atoms with E-state index in [0.717, 1.165) is 5.56 Å². The standard InChI is InChI=1S/C17H20N2O3/c1-3-22-17(20)16-13(2)11-18-15(19-16)9-10-21-12-14-7-5-4-6-8-14/h4-8,11H,3,9-10,12H2,1-2H3. The Morgan fingerprint density at radius 3 is 2.73 bits per heavy atom. The summed E-state index contributed by atoms with van der Waals surface area (Å²) in [5, 5.41) is 0. The van der Waals surface area contributed by atoms with Crippen LogP contribution in [0.25, 0.3) is 0 Å². The molecule has 0 N–H and O–H groups in total. The number of carbonyl (C=O) groups is 1. The molecule has 0 bridgehead atoms. The van der Waals surface area contributed by atoms with Gasteiger partial charge in [-0.1, -0.05) is 30.3 Å². The van der Waals surface area contributed by atoms with Crippen LogP contribution in [0.2, 0.25) is 0 Å². The van der Waals surface area contributed by atoms with Gasteiger partial charge in [0.25, 0.3) is 0 Å². The predicted octanol–water partition coefficient (Wildman–Crippen LogP) is 2.72. The van der Waals surface area contributed by atoms with Crippen molar-refractivity contribution in [3.8, 4) is 0 Å². The summed E-state index contributed by atoms with van der Waals surface area (Å²) >= 11 is 0. The van der Waals surface area contributed by atoms with Gasteiger partial charge in [-0.2, -0.15) is 0 Å². The number of nitrogens with zero attached hydrogens (tertiary/aromatic N) is 2. The maximum Gasteiger partial charge on any atom is 0.357 e. The van der Waals surface area contributed by atoms with Crippen LogP contribution < -0.4 is 0 Å².